The molecule has 0 radical (unpaired) electrons. The molecule has 1 heterocycles. The van der Waals surface area contributed by atoms with Crippen LogP contribution in [0.4, 0.5) is 0 Å². The van der Waals surface area contributed by atoms with Crippen LogP contribution >= 0.6 is 11.6 Å². The van der Waals surface area contributed by atoms with Crippen LogP contribution in [-0.4, -0.2) is 23.5 Å². The molecule has 0 fully saturated rings. The monoisotopic (exact) mass is 382 g/mol. The lowest BCUT2D eigenvalue weighted by Crippen LogP contribution is -2.25. The van der Waals surface area contributed by atoms with Crippen LogP contribution in [0, 0.1) is 0 Å². The number of aliphatic imine (C=N–C) groups is 1. The fraction of sp³-hybridized carbons (Fsp3) is 0.100. The van der Waals surface area contributed by atoms with Gasteiger partial charge in [-0.1, -0.05) is 23.7 Å². The van der Waals surface area contributed by atoms with Crippen LogP contribution in [0.3, 0.4) is 0 Å². The van der Waals surface area contributed by atoms with E-state index in [1.807, 2.05) is 59.2 Å². The Morgan fingerprint density at radius 3 is 2.30 bits per heavy atom. The van der Waals surface area contributed by atoms with Crippen molar-refractivity contribution < 1.29 is 9.53 Å². The molecule has 3 rings (SSSR count). The second-order valence-electron chi connectivity index (χ2n) is 5.86. The third-order valence-corrected chi connectivity index (χ3v) is 4.27. The number of guanidine groups is 1. The Morgan fingerprint density at radius 2 is 1.70 bits per heavy atom. The lowest BCUT2D eigenvalue weighted by molar-refractivity contribution is -0.118. The quantitative estimate of drug-likeness (QED) is 0.522. The number of nitrogens with two attached hydrogens (primary N) is 2. The summed E-state index contributed by atoms with van der Waals surface area (Å²) < 4.78 is 7.07. The third kappa shape index (κ3) is 4.30. The number of carbonyl (C=O) groups is 1. The fourth-order valence-electron chi connectivity index (χ4n) is 2.87. The van der Waals surface area contributed by atoms with E-state index in [0.717, 1.165) is 28.3 Å². The van der Waals surface area contributed by atoms with Crippen molar-refractivity contribution in [3.8, 4) is 28.3 Å². The van der Waals surface area contributed by atoms with Gasteiger partial charge >= 0.3 is 0 Å². The molecule has 1 aromatic heterocycles. The first-order chi connectivity index (χ1) is 13.0. The van der Waals surface area contributed by atoms with Crippen molar-refractivity contribution in [1.29, 1.82) is 0 Å². The number of nitrogens with zero attached hydrogens (tertiary/aromatic N) is 2. The van der Waals surface area contributed by atoms with Gasteiger partial charge in [0.25, 0.3) is 5.91 Å². The van der Waals surface area contributed by atoms with Gasteiger partial charge in [-0.25, -0.2) is 0 Å². The van der Waals surface area contributed by atoms with Gasteiger partial charge in [-0.2, -0.15) is 4.99 Å². The predicted octanol–water partition coefficient (Wildman–Crippen LogP) is 3.28. The largest absolute Gasteiger partial charge is 0.497 e. The highest BCUT2D eigenvalue weighted by molar-refractivity contribution is 6.30. The number of benzene rings is 2. The topological polar surface area (TPSA) is 95.6 Å². The molecule has 0 saturated carbocycles. The Bertz CT molecular complexity index is 989. The second kappa shape index (κ2) is 7.97. The smallest absolute Gasteiger partial charge is 0.268 e. The van der Waals surface area contributed by atoms with Gasteiger partial charge in [0.05, 0.1) is 7.11 Å². The first-order valence-electron chi connectivity index (χ1n) is 8.20. The summed E-state index contributed by atoms with van der Waals surface area (Å²) in [6.45, 7) is -0.00584. The van der Waals surface area contributed by atoms with E-state index in [2.05, 4.69) is 4.99 Å². The number of carbonyl (C=O) groups excluding carboxylic acids is 1. The number of rotatable bonds is 5. The van der Waals surface area contributed by atoms with E-state index in [0.29, 0.717) is 5.02 Å². The van der Waals surface area contributed by atoms with Crippen molar-refractivity contribution in [1.82, 2.24) is 4.57 Å². The standard InChI is InChI=1S/C20H19ClN4O2/c1-27-16-7-5-13(6-8-16)17-9-10-18(14-3-2-4-15(21)11-14)25(17)12-19(26)24-20(22)23/h2-11H,12H2,1H3,(H4,22,23,24,26). The molecule has 0 aliphatic heterocycles. The first-order valence-corrected chi connectivity index (χ1v) is 8.58. The van der Waals surface area contributed by atoms with Crippen molar-refractivity contribution in [2.75, 3.05) is 7.11 Å². The molecule has 6 nitrogen and oxygen atoms in total. The van der Waals surface area contributed by atoms with Crippen LogP contribution in [0.1, 0.15) is 0 Å². The fourth-order valence-corrected chi connectivity index (χ4v) is 3.06. The predicted molar refractivity (Wildman–Crippen MR) is 108 cm³/mol. The van der Waals surface area contributed by atoms with Crippen LogP contribution in [0.5, 0.6) is 5.75 Å². The van der Waals surface area contributed by atoms with Crippen molar-refractivity contribution in [3.63, 3.8) is 0 Å². The summed E-state index contributed by atoms with van der Waals surface area (Å²) in [5, 5.41) is 0.613. The van der Waals surface area contributed by atoms with Gasteiger partial charge < -0.3 is 20.8 Å². The lowest BCUT2D eigenvalue weighted by atomic mass is 10.1. The van der Waals surface area contributed by atoms with Crippen molar-refractivity contribution in [2.24, 2.45) is 16.5 Å². The zero-order valence-corrected chi connectivity index (χ0v) is 15.5. The molecule has 0 aliphatic rings. The second-order valence-corrected chi connectivity index (χ2v) is 6.30. The lowest BCUT2D eigenvalue weighted by Gasteiger charge is -2.13. The molecule has 0 unspecified atom stereocenters. The van der Waals surface area contributed by atoms with Crippen LogP contribution < -0.4 is 16.2 Å². The van der Waals surface area contributed by atoms with Gasteiger partial charge in [0, 0.05) is 16.4 Å². The molecule has 138 valence electrons. The summed E-state index contributed by atoms with van der Waals surface area (Å²) in [5.74, 6) is 0.0511. The molecular weight excluding hydrogens is 364 g/mol. The molecule has 3 aromatic rings. The average Bonchev–Trinajstić information content (AvgIpc) is 3.04. The molecule has 0 bridgehead atoms. The maximum absolute atomic E-state index is 12.2. The van der Waals surface area contributed by atoms with E-state index in [1.165, 1.54) is 0 Å². The van der Waals surface area contributed by atoms with Gasteiger partial charge in [-0.15, -0.1) is 0 Å². The van der Waals surface area contributed by atoms with Gasteiger partial charge in [0.15, 0.2) is 5.96 Å². The Kier molecular flexibility index (Phi) is 5.47. The molecular formula is C20H19ClN4O2. The highest BCUT2D eigenvalue weighted by atomic mass is 35.5. The van der Waals surface area contributed by atoms with Crippen molar-refractivity contribution in [3.05, 3.63) is 65.7 Å². The summed E-state index contributed by atoms with van der Waals surface area (Å²) in [5.41, 5.74) is 14.2. The molecule has 7 heteroatoms. The molecule has 2 aromatic carbocycles. The maximum atomic E-state index is 12.2. The van der Waals surface area contributed by atoms with E-state index < -0.39 is 5.91 Å². The summed E-state index contributed by atoms with van der Waals surface area (Å²) in [6.07, 6.45) is 0. The Hall–Kier alpha value is -3.25. The van der Waals surface area contributed by atoms with Crippen molar-refractivity contribution >= 4 is 23.5 Å². The van der Waals surface area contributed by atoms with Gasteiger partial charge in [0.2, 0.25) is 0 Å². The number of amides is 1. The minimum absolute atomic E-state index is 0.00584. The summed E-state index contributed by atoms with van der Waals surface area (Å²) >= 11 is 6.13. The van der Waals surface area contributed by atoms with E-state index in [4.69, 9.17) is 27.8 Å². The van der Waals surface area contributed by atoms with Crippen LogP contribution in [-0.2, 0) is 11.3 Å². The minimum Gasteiger partial charge on any atom is -0.497 e. The van der Waals surface area contributed by atoms with Gasteiger partial charge in [-0.05, 0) is 59.7 Å². The molecule has 0 spiro atoms. The van der Waals surface area contributed by atoms with Crippen LogP contribution in [0.2, 0.25) is 5.02 Å². The SMILES string of the molecule is COc1ccc(-c2ccc(-c3cccc(Cl)c3)n2CC(=O)N=C(N)N)cc1. The van der Waals surface area contributed by atoms with Gasteiger partial charge in [0.1, 0.15) is 12.3 Å². The minimum atomic E-state index is -0.441. The number of hydrogen-bond donors (Lipinski definition) is 2. The molecule has 1 amide bonds. The van der Waals surface area contributed by atoms with Gasteiger partial charge in [-0.3, -0.25) is 4.79 Å². The zero-order chi connectivity index (χ0) is 19.4. The van der Waals surface area contributed by atoms with E-state index in [9.17, 15) is 4.79 Å². The molecule has 0 saturated heterocycles. The number of ether oxygens (including phenoxy) is 1. The summed E-state index contributed by atoms with van der Waals surface area (Å²) in [6, 6.07) is 18.9. The van der Waals surface area contributed by atoms with E-state index in [-0.39, 0.29) is 12.5 Å². The van der Waals surface area contributed by atoms with Crippen LogP contribution in [0.25, 0.3) is 22.5 Å². The first kappa shape index (κ1) is 18.5. The zero-order valence-electron chi connectivity index (χ0n) is 14.7. The Morgan fingerprint density at radius 1 is 1.04 bits per heavy atom. The highest BCUT2D eigenvalue weighted by Gasteiger charge is 2.15. The average molecular weight is 383 g/mol. The van der Waals surface area contributed by atoms with Crippen molar-refractivity contribution in [2.45, 2.75) is 6.54 Å². The number of halogens is 1. The Balaban J connectivity index is 2.10. The van der Waals surface area contributed by atoms with E-state index >= 15 is 0 Å². The summed E-state index contributed by atoms with van der Waals surface area (Å²) in [4.78, 5) is 15.9. The third-order valence-electron chi connectivity index (χ3n) is 4.03. The molecule has 0 aliphatic carbocycles. The normalized spacial score (nSPS) is 10.4. The van der Waals surface area contributed by atoms with Crippen LogP contribution in [0.15, 0.2) is 65.7 Å². The molecule has 0 atom stereocenters. The Labute approximate surface area is 162 Å². The number of methoxy groups -OCH3 is 1. The summed E-state index contributed by atoms with van der Waals surface area (Å²) in [7, 11) is 1.61. The maximum Gasteiger partial charge on any atom is 0.268 e. The highest BCUT2D eigenvalue weighted by Crippen LogP contribution is 2.31. The van der Waals surface area contributed by atoms with E-state index in [1.54, 1.807) is 13.2 Å². The molecule has 4 N–H and O–H groups in total. The molecule has 27 heavy (non-hydrogen) atoms. The number of hydrogen-bond acceptors (Lipinski definition) is 2. The number of aromatic nitrogens is 1.